The van der Waals surface area contributed by atoms with Gasteiger partial charge in [0.15, 0.2) is 0 Å². The Hall–Kier alpha value is -0.770. The van der Waals surface area contributed by atoms with E-state index in [-0.39, 0.29) is 6.10 Å². The number of aliphatic hydroxyl groups excluding tert-OH is 1. The lowest BCUT2D eigenvalue weighted by molar-refractivity contribution is 0.173. The molecule has 3 unspecified atom stereocenters. The second-order valence-electron chi connectivity index (χ2n) is 5.23. The molecular formula is C17H17BrOS. The van der Waals surface area contributed by atoms with Gasteiger partial charge in [-0.15, -0.1) is 11.8 Å². The van der Waals surface area contributed by atoms with Crippen LogP contribution in [0.3, 0.4) is 0 Å². The Bertz CT molecular complexity index is 572. The number of halogens is 1. The minimum absolute atomic E-state index is 0.225. The maximum Gasteiger partial charge on any atom is 0.0668 e. The summed E-state index contributed by atoms with van der Waals surface area (Å²) in [5, 5.41) is 10.3. The molecule has 3 rings (SSSR count). The Morgan fingerprint density at radius 1 is 1.10 bits per heavy atom. The summed E-state index contributed by atoms with van der Waals surface area (Å²) in [5.41, 5.74) is 1.36. The second kappa shape index (κ2) is 6.33. The van der Waals surface area contributed by atoms with E-state index in [4.69, 9.17) is 0 Å². The molecule has 0 aliphatic heterocycles. The maximum atomic E-state index is 10.3. The lowest BCUT2D eigenvalue weighted by atomic mass is 10.1. The highest BCUT2D eigenvalue weighted by Crippen LogP contribution is 2.50. The number of rotatable bonds is 5. The summed E-state index contributed by atoms with van der Waals surface area (Å²) < 4.78 is 1.10. The topological polar surface area (TPSA) is 20.2 Å². The van der Waals surface area contributed by atoms with Crippen molar-refractivity contribution in [2.45, 2.75) is 23.3 Å². The van der Waals surface area contributed by atoms with E-state index in [9.17, 15) is 5.11 Å². The average molecular weight is 349 g/mol. The third-order valence-corrected chi connectivity index (χ3v) is 5.94. The summed E-state index contributed by atoms with van der Waals surface area (Å²) in [6.45, 7) is 0. The van der Waals surface area contributed by atoms with Crippen molar-refractivity contribution in [1.82, 2.24) is 0 Å². The third-order valence-electron chi connectivity index (χ3n) is 3.81. The van der Waals surface area contributed by atoms with Crippen molar-refractivity contribution in [3.05, 3.63) is 64.6 Å². The summed E-state index contributed by atoms with van der Waals surface area (Å²) in [6.07, 6.45) is 0.888. The minimum atomic E-state index is -0.225. The molecule has 1 fully saturated rings. The van der Waals surface area contributed by atoms with Crippen molar-refractivity contribution in [1.29, 1.82) is 0 Å². The van der Waals surface area contributed by atoms with Crippen LogP contribution in [0.15, 0.2) is 64.0 Å². The summed E-state index contributed by atoms with van der Waals surface area (Å²) in [6, 6.07) is 18.7. The van der Waals surface area contributed by atoms with E-state index in [0.717, 1.165) is 16.6 Å². The Balaban J connectivity index is 1.54. The van der Waals surface area contributed by atoms with Gasteiger partial charge in [0.05, 0.1) is 6.10 Å². The maximum absolute atomic E-state index is 10.3. The number of thioether (sulfide) groups is 1. The van der Waals surface area contributed by atoms with Crippen LogP contribution in [0.25, 0.3) is 0 Å². The highest BCUT2D eigenvalue weighted by atomic mass is 79.9. The quantitative estimate of drug-likeness (QED) is 0.789. The van der Waals surface area contributed by atoms with Crippen LogP contribution < -0.4 is 0 Å². The van der Waals surface area contributed by atoms with Gasteiger partial charge in [0, 0.05) is 15.1 Å². The number of hydrogen-bond donors (Lipinski definition) is 1. The molecule has 0 heterocycles. The van der Waals surface area contributed by atoms with E-state index in [2.05, 4.69) is 46.3 Å². The van der Waals surface area contributed by atoms with Gasteiger partial charge in [0.25, 0.3) is 0 Å². The van der Waals surface area contributed by atoms with Crippen LogP contribution in [0.2, 0.25) is 0 Å². The van der Waals surface area contributed by atoms with Crippen LogP contribution in [-0.2, 0) is 0 Å². The minimum Gasteiger partial charge on any atom is -0.392 e. The molecule has 2 aromatic rings. The van der Waals surface area contributed by atoms with E-state index in [0.29, 0.717) is 11.8 Å². The second-order valence-corrected chi connectivity index (χ2v) is 7.14. The Labute approximate surface area is 132 Å². The molecule has 1 aliphatic carbocycles. The first kappa shape index (κ1) is 14.2. The van der Waals surface area contributed by atoms with Gasteiger partial charge >= 0.3 is 0 Å². The van der Waals surface area contributed by atoms with Crippen molar-refractivity contribution in [3.8, 4) is 0 Å². The number of hydrogen-bond acceptors (Lipinski definition) is 2. The van der Waals surface area contributed by atoms with Gasteiger partial charge in [-0.3, -0.25) is 0 Å². The summed E-state index contributed by atoms with van der Waals surface area (Å²) >= 11 is 5.27. The zero-order valence-corrected chi connectivity index (χ0v) is 13.5. The molecule has 0 bridgehead atoms. The van der Waals surface area contributed by atoms with E-state index < -0.39 is 0 Å². The monoisotopic (exact) mass is 348 g/mol. The Morgan fingerprint density at radius 2 is 1.80 bits per heavy atom. The lowest BCUT2D eigenvalue weighted by Crippen LogP contribution is -2.13. The largest absolute Gasteiger partial charge is 0.392 e. The van der Waals surface area contributed by atoms with Gasteiger partial charge in [-0.05, 0) is 51.9 Å². The van der Waals surface area contributed by atoms with E-state index in [1.165, 1.54) is 10.5 Å². The Kier molecular flexibility index (Phi) is 4.49. The van der Waals surface area contributed by atoms with Crippen molar-refractivity contribution in [2.75, 3.05) is 5.75 Å². The SMILES string of the molecule is OC(CSc1ccccc1Br)C1CC1c1ccccc1. The molecule has 0 saturated heterocycles. The van der Waals surface area contributed by atoms with Crippen molar-refractivity contribution in [2.24, 2.45) is 5.92 Å². The van der Waals surface area contributed by atoms with Crippen LogP contribution >= 0.6 is 27.7 Å². The fraction of sp³-hybridized carbons (Fsp3) is 0.294. The molecule has 1 nitrogen and oxygen atoms in total. The van der Waals surface area contributed by atoms with E-state index >= 15 is 0 Å². The molecule has 1 saturated carbocycles. The fourth-order valence-electron chi connectivity index (χ4n) is 2.58. The molecule has 0 aromatic heterocycles. The molecule has 3 heteroatoms. The smallest absolute Gasteiger partial charge is 0.0668 e. The van der Waals surface area contributed by atoms with E-state index in [1.54, 1.807) is 11.8 Å². The molecule has 0 spiro atoms. The molecular weight excluding hydrogens is 332 g/mol. The van der Waals surface area contributed by atoms with Gasteiger partial charge in [-0.25, -0.2) is 0 Å². The van der Waals surface area contributed by atoms with Crippen LogP contribution in [0, 0.1) is 5.92 Å². The summed E-state index contributed by atoms with van der Waals surface area (Å²) in [4.78, 5) is 1.20. The van der Waals surface area contributed by atoms with Gasteiger partial charge in [-0.2, -0.15) is 0 Å². The highest BCUT2D eigenvalue weighted by Gasteiger charge is 2.42. The first-order chi connectivity index (χ1) is 9.75. The van der Waals surface area contributed by atoms with Gasteiger partial charge in [0.2, 0.25) is 0 Å². The van der Waals surface area contributed by atoms with Gasteiger partial charge in [-0.1, -0.05) is 42.5 Å². The zero-order chi connectivity index (χ0) is 13.9. The molecule has 0 amide bonds. The number of aliphatic hydroxyl groups is 1. The predicted molar refractivity (Wildman–Crippen MR) is 88.2 cm³/mol. The number of benzene rings is 2. The highest BCUT2D eigenvalue weighted by molar-refractivity contribution is 9.10. The normalized spacial score (nSPS) is 22.5. The first-order valence-electron chi connectivity index (χ1n) is 6.86. The molecule has 20 heavy (non-hydrogen) atoms. The molecule has 1 N–H and O–H groups in total. The van der Waals surface area contributed by atoms with E-state index in [1.807, 2.05) is 24.3 Å². The van der Waals surface area contributed by atoms with Crippen LogP contribution in [0.1, 0.15) is 17.9 Å². The molecule has 104 valence electrons. The third kappa shape index (κ3) is 3.27. The lowest BCUT2D eigenvalue weighted by Gasteiger charge is -2.11. The van der Waals surface area contributed by atoms with Crippen LogP contribution in [0.5, 0.6) is 0 Å². The van der Waals surface area contributed by atoms with Crippen LogP contribution in [-0.4, -0.2) is 17.0 Å². The van der Waals surface area contributed by atoms with Crippen molar-refractivity contribution in [3.63, 3.8) is 0 Å². The molecule has 1 aliphatic rings. The Morgan fingerprint density at radius 3 is 2.55 bits per heavy atom. The zero-order valence-electron chi connectivity index (χ0n) is 11.1. The molecule has 3 atom stereocenters. The van der Waals surface area contributed by atoms with Crippen molar-refractivity contribution >= 4 is 27.7 Å². The van der Waals surface area contributed by atoms with Crippen molar-refractivity contribution < 1.29 is 5.11 Å². The van der Waals surface area contributed by atoms with Gasteiger partial charge in [0.1, 0.15) is 0 Å². The van der Waals surface area contributed by atoms with Crippen LogP contribution in [0.4, 0.5) is 0 Å². The summed E-state index contributed by atoms with van der Waals surface area (Å²) in [5.74, 6) is 1.73. The molecule has 2 aromatic carbocycles. The summed E-state index contributed by atoms with van der Waals surface area (Å²) in [7, 11) is 0. The standard InChI is InChI=1S/C17H17BrOS/c18-15-8-4-5-9-17(15)20-11-16(19)14-10-13(14)12-6-2-1-3-7-12/h1-9,13-14,16,19H,10-11H2. The molecule has 0 radical (unpaired) electrons. The first-order valence-corrected chi connectivity index (χ1v) is 8.64. The fourth-order valence-corrected chi connectivity index (χ4v) is 4.19. The predicted octanol–water partition coefficient (Wildman–Crippen LogP) is 4.71. The van der Waals surface area contributed by atoms with Gasteiger partial charge < -0.3 is 5.11 Å². The average Bonchev–Trinajstić information content (AvgIpc) is 3.28.